The third-order valence-corrected chi connectivity index (χ3v) is 11.4. The summed E-state index contributed by atoms with van der Waals surface area (Å²) in [5.41, 5.74) is 5.44. The summed E-state index contributed by atoms with van der Waals surface area (Å²) in [6.45, 7) is 0.567. The summed E-state index contributed by atoms with van der Waals surface area (Å²) in [5, 5.41) is 11.2. The Bertz CT molecular complexity index is 2000. The van der Waals surface area contributed by atoms with Gasteiger partial charge in [0, 0.05) is 0 Å². The Balaban J connectivity index is 1.00. The molecular weight excluding hydrogens is 745 g/mol. The van der Waals surface area contributed by atoms with Gasteiger partial charge in [-0.25, -0.2) is 0 Å². The van der Waals surface area contributed by atoms with E-state index in [0.29, 0.717) is 31.0 Å². The Morgan fingerprint density at radius 2 is 1.07 bits per heavy atom. The number of carbonyl (C=O) groups excluding carboxylic acids is 4. The van der Waals surface area contributed by atoms with Gasteiger partial charge in [-0.05, 0) is 0 Å². The van der Waals surface area contributed by atoms with Crippen molar-refractivity contribution in [3.05, 3.63) is 144 Å². The van der Waals surface area contributed by atoms with E-state index in [1.165, 1.54) is 0 Å². The van der Waals surface area contributed by atoms with E-state index in [-0.39, 0.29) is 30.1 Å². The summed E-state index contributed by atoms with van der Waals surface area (Å²) < 4.78 is 10.9. The maximum atomic E-state index is 13.6. The van der Waals surface area contributed by atoms with Crippen molar-refractivity contribution >= 4 is 60.2 Å². The molecule has 6 aromatic rings. The first kappa shape index (κ1) is 37.9. The number of hydrogen-bond acceptors (Lipinski definition) is 6. The molecule has 0 spiro atoms. The first-order chi connectivity index (χ1) is 26.4. The van der Waals surface area contributed by atoms with Gasteiger partial charge in [0.25, 0.3) is 0 Å². The summed E-state index contributed by atoms with van der Waals surface area (Å²) >= 11 is -0.756. The van der Waals surface area contributed by atoms with Crippen LogP contribution in [0.3, 0.4) is 0 Å². The second-order valence-corrected chi connectivity index (χ2v) is 15.4. The summed E-state index contributed by atoms with van der Waals surface area (Å²) in [7, 11) is 0. The number of benzene rings is 4. The van der Waals surface area contributed by atoms with Crippen molar-refractivity contribution in [1.82, 2.24) is 25.9 Å². The second kappa shape index (κ2) is 19.3. The van der Waals surface area contributed by atoms with Gasteiger partial charge in [0.05, 0.1) is 0 Å². The monoisotopic (exact) mass is 788 g/mol. The first-order valence-corrected chi connectivity index (χ1v) is 20.2. The van der Waals surface area contributed by atoms with Crippen molar-refractivity contribution < 1.29 is 28.7 Å². The average Bonchev–Trinajstić information content (AvgIpc) is 3.81. The van der Waals surface area contributed by atoms with Gasteiger partial charge in [0.1, 0.15) is 0 Å². The third-order valence-electron chi connectivity index (χ3n) is 8.97. The molecule has 11 nitrogen and oxygen atoms in total. The topological polar surface area (TPSA) is 154 Å². The number of nitrogens with one attached hydrogen (secondary N) is 5. The Labute approximate surface area is 320 Å². The average molecular weight is 789 g/mol. The normalized spacial score (nSPS) is 12.4. The van der Waals surface area contributed by atoms with Gasteiger partial charge in [-0.3, -0.25) is 0 Å². The summed E-state index contributed by atoms with van der Waals surface area (Å²) in [6, 6.07) is 32.8. The van der Waals surface area contributed by atoms with Crippen LogP contribution >= 0.6 is 0 Å². The minimum Gasteiger partial charge on any atom is -0.0622 e. The molecule has 2 unspecified atom stereocenters. The molecule has 5 N–H and O–H groups in total. The number of carbonyl (C=O) groups is 4. The first-order valence-electron chi connectivity index (χ1n) is 18.0. The molecule has 0 fully saturated rings. The van der Waals surface area contributed by atoms with Crippen LogP contribution in [0, 0.1) is 0 Å². The fourth-order valence-corrected chi connectivity index (χ4v) is 8.19. The number of aromatic amines is 2. The molecule has 1 radical (unpaired) electrons. The van der Waals surface area contributed by atoms with Crippen molar-refractivity contribution in [2.24, 2.45) is 0 Å². The van der Waals surface area contributed by atoms with Gasteiger partial charge in [-0.1, -0.05) is 36.4 Å². The van der Waals surface area contributed by atoms with Crippen LogP contribution < -0.4 is 16.0 Å². The molecular formula is C42H43AsN5O6. The van der Waals surface area contributed by atoms with Gasteiger partial charge in [0.2, 0.25) is 0 Å². The fourth-order valence-electron chi connectivity index (χ4n) is 6.14. The van der Waals surface area contributed by atoms with Gasteiger partial charge in [-0.2, -0.15) is 0 Å². The van der Waals surface area contributed by atoms with Crippen LogP contribution in [-0.4, -0.2) is 67.0 Å². The summed E-state index contributed by atoms with van der Waals surface area (Å²) in [4.78, 5) is 59.1. The number of hydrogen-bond donors (Lipinski definition) is 5. The van der Waals surface area contributed by atoms with E-state index < -0.39 is 40.0 Å². The van der Waals surface area contributed by atoms with E-state index in [2.05, 4.69) is 25.9 Å². The zero-order valence-corrected chi connectivity index (χ0v) is 31.6. The summed E-state index contributed by atoms with van der Waals surface area (Å²) in [5.74, 6) is -0.321. The number of H-pyrrole nitrogens is 2. The van der Waals surface area contributed by atoms with E-state index in [9.17, 15) is 19.2 Å². The van der Waals surface area contributed by atoms with Crippen molar-refractivity contribution in [1.29, 1.82) is 0 Å². The van der Waals surface area contributed by atoms with Crippen LogP contribution in [0.15, 0.2) is 122 Å². The molecule has 277 valence electrons. The molecule has 0 bridgehead atoms. The molecule has 12 heteroatoms. The van der Waals surface area contributed by atoms with E-state index >= 15 is 0 Å². The number of rotatable bonds is 18. The Morgan fingerprint density at radius 3 is 1.63 bits per heavy atom. The standard InChI is InChI=1S/C42H43AsN5O6/c49-39(37(23-31-25-45-35-19-9-7-17-33(31)35)47-41(51)53-27-29-13-3-1-4-14-29)43-21-11-12-22-44-40(50)38(24-32-26-46-36-20-10-8-18-34(32)36)48-42(52)54-28-30-15-5-2-6-16-30/h1-10,13-20,25-26,37-38,45-46H,11-12,21-24,27-28H2,(H,44,50)(H,47,51)(H,48,52). The van der Waals surface area contributed by atoms with Crippen LogP contribution in [0.1, 0.15) is 35.1 Å². The number of aromatic nitrogens is 2. The molecule has 2 atom stereocenters. The second-order valence-electron chi connectivity index (χ2n) is 12.9. The van der Waals surface area contributed by atoms with Gasteiger partial charge in [-0.15, -0.1) is 0 Å². The molecule has 4 aromatic carbocycles. The number of ether oxygens (including phenoxy) is 2. The van der Waals surface area contributed by atoms with Crippen molar-refractivity contribution in [2.75, 3.05) is 6.54 Å². The third kappa shape index (κ3) is 10.9. The minimum absolute atomic E-state index is 0.00534. The van der Waals surface area contributed by atoms with Crippen LogP contribution in [0.4, 0.5) is 9.59 Å². The number of alkyl carbamates (subject to hydrolysis) is 2. The van der Waals surface area contributed by atoms with Crippen molar-refractivity contribution in [2.45, 2.75) is 56.2 Å². The molecule has 0 saturated heterocycles. The van der Waals surface area contributed by atoms with Gasteiger partial charge >= 0.3 is 285 Å². The van der Waals surface area contributed by atoms with Crippen LogP contribution in [0.25, 0.3) is 21.8 Å². The molecule has 2 heterocycles. The Morgan fingerprint density at radius 1 is 0.593 bits per heavy atom. The van der Waals surface area contributed by atoms with E-state index in [1.807, 2.05) is 122 Å². The van der Waals surface area contributed by atoms with Crippen molar-refractivity contribution in [3.63, 3.8) is 0 Å². The predicted molar refractivity (Wildman–Crippen MR) is 209 cm³/mol. The number of fused-ring (bicyclic) bond motifs is 2. The fraction of sp³-hybridized carbons (Fsp3) is 0.238. The number of unbranched alkanes of at least 4 members (excludes halogenated alkanes) is 1. The molecule has 6 rings (SSSR count). The maximum absolute atomic E-state index is 13.6. The molecule has 0 saturated carbocycles. The number of amides is 3. The Hall–Kier alpha value is -5.80. The zero-order chi connectivity index (χ0) is 37.5. The van der Waals surface area contributed by atoms with E-state index in [0.717, 1.165) is 44.1 Å². The summed E-state index contributed by atoms with van der Waals surface area (Å²) in [6.07, 6.45) is 4.39. The van der Waals surface area contributed by atoms with E-state index in [4.69, 9.17) is 9.47 Å². The van der Waals surface area contributed by atoms with Crippen LogP contribution in [0.2, 0.25) is 5.21 Å². The molecule has 0 aliphatic rings. The molecule has 54 heavy (non-hydrogen) atoms. The van der Waals surface area contributed by atoms with Crippen molar-refractivity contribution in [3.8, 4) is 0 Å². The van der Waals surface area contributed by atoms with Crippen LogP contribution in [0.5, 0.6) is 0 Å². The van der Waals surface area contributed by atoms with Crippen LogP contribution in [-0.2, 0) is 45.1 Å². The number of para-hydroxylation sites is 2. The molecule has 0 aliphatic heterocycles. The quantitative estimate of drug-likeness (QED) is 0.0491. The minimum atomic E-state index is -0.863. The molecule has 3 amide bonds. The van der Waals surface area contributed by atoms with E-state index in [1.54, 1.807) is 0 Å². The van der Waals surface area contributed by atoms with Gasteiger partial charge < -0.3 is 0 Å². The SMILES string of the molecule is O=C(NC(Cc1c[nH]c2ccccc12)C(=O)NCCCC[As]C(=O)C(Cc1c[nH]c2ccccc12)NC(=O)OCc1ccccc1)OCc1ccccc1. The Kier molecular flexibility index (Phi) is 13.6. The predicted octanol–water partition coefficient (Wildman–Crippen LogP) is 6.57. The van der Waals surface area contributed by atoms with Gasteiger partial charge in [0.15, 0.2) is 0 Å². The smallest absolute Gasteiger partial charge is 0.0622 e. The zero-order valence-electron chi connectivity index (χ0n) is 29.8. The molecule has 2 aromatic heterocycles. The molecule has 0 aliphatic carbocycles.